The van der Waals surface area contributed by atoms with Gasteiger partial charge in [-0.1, -0.05) is 13.8 Å². The summed E-state index contributed by atoms with van der Waals surface area (Å²) in [6.07, 6.45) is 1.93. The van der Waals surface area contributed by atoms with Crippen molar-refractivity contribution in [1.82, 2.24) is 5.32 Å². The molecule has 0 unspecified atom stereocenters. The smallest absolute Gasteiger partial charge is 0.261 e. The lowest BCUT2D eigenvalue weighted by molar-refractivity contribution is 0.0936. The second-order valence-electron chi connectivity index (χ2n) is 4.26. The summed E-state index contributed by atoms with van der Waals surface area (Å²) in [7, 11) is 0. The van der Waals surface area contributed by atoms with Gasteiger partial charge in [0.2, 0.25) is 0 Å². The minimum absolute atomic E-state index is 0.00292. The maximum Gasteiger partial charge on any atom is 0.261 e. The molecule has 0 aromatic carbocycles. The van der Waals surface area contributed by atoms with Crippen molar-refractivity contribution < 1.29 is 4.79 Å². The molecule has 0 spiro atoms. The Hall–Kier alpha value is 0.420. The number of nitrogens with one attached hydrogen (secondary N) is 1. The van der Waals surface area contributed by atoms with Gasteiger partial charge in [-0.15, -0.1) is 22.9 Å². The monoisotopic (exact) mass is 415 g/mol. The maximum absolute atomic E-state index is 12.0. The molecule has 0 radical (unpaired) electrons. The average molecular weight is 418 g/mol. The highest BCUT2D eigenvalue weighted by Gasteiger charge is 2.26. The standard InChI is InChI=1S/C12H16Br2ClNOS/c1-3-12(4-2,6-15)7-16-11(17)9-5-8(13)10(14)18-9/h5H,3-4,6-7H2,1-2H3,(H,16,17). The molecular formula is C12H16Br2ClNOS. The summed E-state index contributed by atoms with van der Waals surface area (Å²) in [5.74, 6) is 0.528. The summed E-state index contributed by atoms with van der Waals surface area (Å²) in [4.78, 5) is 12.7. The molecule has 0 bridgehead atoms. The van der Waals surface area contributed by atoms with Gasteiger partial charge in [0.25, 0.3) is 5.91 Å². The fraction of sp³-hybridized carbons (Fsp3) is 0.583. The van der Waals surface area contributed by atoms with E-state index in [4.69, 9.17) is 11.6 Å². The summed E-state index contributed by atoms with van der Waals surface area (Å²) in [6.45, 7) is 4.84. The number of carbonyl (C=O) groups is 1. The number of rotatable bonds is 6. The van der Waals surface area contributed by atoms with Crippen LogP contribution >= 0.6 is 54.8 Å². The van der Waals surface area contributed by atoms with E-state index in [-0.39, 0.29) is 11.3 Å². The first kappa shape index (κ1) is 16.5. The third kappa shape index (κ3) is 3.95. The quantitative estimate of drug-likeness (QED) is 0.645. The number of alkyl halides is 1. The first-order valence-electron chi connectivity index (χ1n) is 5.77. The molecule has 0 fully saturated rings. The van der Waals surface area contributed by atoms with Gasteiger partial charge in [0.05, 0.1) is 8.66 Å². The molecule has 1 heterocycles. The number of halogens is 3. The van der Waals surface area contributed by atoms with Crippen molar-refractivity contribution in [3.8, 4) is 0 Å². The Kier molecular flexibility index (Phi) is 6.65. The molecule has 1 amide bonds. The zero-order valence-electron chi connectivity index (χ0n) is 10.4. The van der Waals surface area contributed by atoms with E-state index >= 15 is 0 Å². The van der Waals surface area contributed by atoms with Crippen LogP contribution in [0, 0.1) is 5.41 Å². The van der Waals surface area contributed by atoms with Gasteiger partial charge in [0.15, 0.2) is 0 Å². The van der Waals surface area contributed by atoms with Gasteiger partial charge < -0.3 is 5.32 Å². The minimum Gasteiger partial charge on any atom is -0.351 e. The van der Waals surface area contributed by atoms with Crippen LogP contribution < -0.4 is 5.32 Å². The summed E-state index contributed by atoms with van der Waals surface area (Å²) >= 11 is 14.2. The highest BCUT2D eigenvalue weighted by molar-refractivity contribution is 9.13. The molecule has 1 aromatic heterocycles. The van der Waals surface area contributed by atoms with E-state index in [1.807, 2.05) is 6.07 Å². The number of carbonyl (C=O) groups excluding carboxylic acids is 1. The van der Waals surface area contributed by atoms with E-state index in [1.54, 1.807) is 0 Å². The lowest BCUT2D eigenvalue weighted by atomic mass is 9.84. The molecule has 0 aliphatic heterocycles. The fourth-order valence-corrected chi connectivity index (χ4v) is 3.97. The van der Waals surface area contributed by atoms with Crippen LogP contribution in [0.5, 0.6) is 0 Å². The topological polar surface area (TPSA) is 29.1 Å². The third-order valence-corrected chi connectivity index (χ3v) is 7.10. The highest BCUT2D eigenvalue weighted by atomic mass is 79.9. The molecule has 102 valence electrons. The van der Waals surface area contributed by atoms with Gasteiger partial charge in [0, 0.05) is 22.3 Å². The van der Waals surface area contributed by atoms with E-state index < -0.39 is 0 Å². The van der Waals surface area contributed by atoms with E-state index in [0.717, 1.165) is 21.1 Å². The van der Waals surface area contributed by atoms with Gasteiger partial charge in [-0.25, -0.2) is 0 Å². The molecule has 6 heteroatoms. The van der Waals surface area contributed by atoms with Crippen LogP contribution in [0.1, 0.15) is 36.4 Å². The Morgan fingerprint density at radius 2 is 2.06 bits per heavy atom. The fourth-order valence-electron chi connectivity index (χ4n) is 1.55. The largest absolute Gasteiger partial charge is 0.351 e. The van der Waals surface area contributed by atoms with Crippen LogP contribution in [0.4, 0.5) is 0 Å². The minimum atomic E-state index is -0.0391. The summed E-state index contributed by atoms with van der Waals surface area (Å²) < 4.78 is 1.84. The maximum atomic E-state index is 12.0. The second-order valence-corrected chi connectivity index (χ2v) is 7.75. The van der Waals surface area contributed by atoms with Gasteiger partial charge in [-0.2, -0.15) is 0 Å². The van der Waals surface area contributed by atoms with Crippen molar-refractivity contribution in [3.05, 3.63) is 19.2 Å². The number of thiophene rings is 1. The molecule has 18 heavy (non-hydrogen) atoms. The molecule has 2 nitrogen and oxygen atoms in total. The van der Waals surface area contributed by atoms with E-state index in [9.17, 15) is 4.79 Å². The third-order valence-electron chi connectivity index (χ3n) is 3.28. The summed E-state index contributed by atoms with van der Waals surface area (Å²) in [5.41, 5.74) is 0.00292. The molecule has 1 aromatic rings. The Morgan fingerprint density at radius 3 is 2.44 bits per heavy atom. The molecule has 0 atom stereocenters. The van der Waals surface area contributed by atoms with Crippen LogP contribution in [0.15, 0.2) is 14.3 Å². The van der Waals surface area contributed by atoms with Crippen LogP contribution in [0.2, 0.25) is 0 Å². The van der Waals surface area contributed by atoms with Crippen LogP contribution in [-0.2, 0) is 0 Å². The number of amides is 1. The predicted octanol–water partition coefficient (Wildman–Crippen LogP) is 5.05. The van der Waals surface area contributed by atoms with Gasteiger partial charge in [-0.05, 0) is 50.8 Å². The van der Waals surface area contributed by atoms with Crippen LogP contribution in [0.25, 0.3) is 0 Å². The molecule has 0 aliphatic rings. The summed E-state index contributed by atoms with van der Waals surface area (Å²) in [6, 6.07) is 1.82. The number of hydrogen-bond acceptors (Lipinski definition) is 2. The highest BCUT2D eigenvalue weighted by Crippen LogP contribution is 2.32. The molecule has 0 aliphatic carbocycles. The first-order valence-corrected chi connectivity index (χ1v) is 8.70. The SMILES string of the molecule is CCC(CC)(CCl)CNC(=O)c1cc(Br)c(Br)s1. The van der Waals surface area contributed by atoms with Gasteiger partial charge in [0.1, 0.15) is 0 Å². The molecule has 1 rings (SSSR count). The second kappa shape index (κ2) is 7.27. The van der Waals surface area contributed by atoms with Crippen molar-refractivity contribution in [3.63, 3.8) is 0 Å². The zero-order chi connectivity index (χ0) is 13.8. The van der Waals surface area contributed by atoms with Gasteiger partial charge >= 0.3 is 0 Å². The van der Waals surface area contributed by atoms with E-state index in [2.05, 4.69) is 51.0 Å². The molecule has 0 saturated heterocycles. The Balaban J connectivity index is 2.65. The zero-order valence-corrected chi connectivity index (χ0v) is 15.1. The van der Waals surface area contributed by atoms with Crippen molar-refractivity contribution in [2.24, 2.45) is 5.41 Å². The Labute approximate surface area is 134 Å². The first-order chi connectivity index (χ1) is 8.48. The van der Waals surface area contributed by atoms with Crippen molar-refractivity contribution >= 4 is 60.7 Å². The Bertz CT molecular complexity index is 390. The normalized spacial score (nSPS) is 11.6. The van der Waals surface area contributed by atoms with E-state index in [1.165, 1.54) is 11.3 Å². The average Bonchev–Trinajstić information content (AvgIpc) is 2.72. The van der Waals surface area contributed by atoms with Crippen molar-refractivity contribution in [2.45, 2.75) is 26.7 Å². The lowest BCUT2D eigenvalue weighted by Crippen LogP contribution is -2.38. The van der Waals surface area contributed by atoms with Gasteiger partial charge in [-0.3, -0.25) is 4.79 Å². The van der Waals surface area contributed by atoms with Crippen molar-refractivity contribution in [2.75, 3.05) is 12.4 Å². The molecule has 1 N–H and O–H groups in total. The summed E-state index contributed by atoms with van der Waals surface area (Å²) in [5, 5.41) is 2.98. The lowest BCUT2D eigenvalue weighted by Gasteiger charge is -2.29. The van der Waals surface area contributed by atoms with E-state index in [0.29, 0.717) is 17.3 Å². The number of hydrogen-bond donors (Lipinski definition) is 1. The molecular weight excluding hydrogens is 401 g/mol. The van der Waals surface area contributed by atoms with Crippen LogP contribution in [0.3, 0.4) is 0 Å². The predicted molar refractivity (Wildman–Crippen MR) is 85.8 cm³/mol. The Morgan fingerprint density at radius 1 is 1.44 bits per heavy atom. The van der Waals surface area contributed by atoms with Crippen molar-refractivity contribution in [1.29, 1.82) is 0 Å². The molecule has 0 saturated carbocycles. The van der Waals surface area contributed by atoms with Crippen LogP contribution in [-0.4, -0.2) is 18.3 Å².